The van der Waals surface area contributed by atoms with Crippen LogP contribution in [0.15, 0.2) is 88.0 Å². The summed E-state index contributed by atoms with van der Waals surface area (Å²) >= 11 is 0. The highest BCUT2D eigenvalue weighted by atomic mass is 16.6. The summed E-state index contributed by atoms with van der Waals surface area (Å²) in [6, 6.07) is 19.9. The lowest BCUT2D eigenvalue weighted by Crippen LogP contribution is -1.86. The zero-order valence-corrected chi connectivity index (χ0v) is 13.6. The molecular formula is C19H14N4O3. The molecule has 0 spiro atoms. The molecule has 0 fully saturated rings. The summed E-state index contributed by atoms with van der Waals surface area (Å²) in [7, 11) is 0. The van der Waals surface area contributed by atoms with Gasteiger partial charge in [0.15, 0.2) is 0 Å². The summed E-state index contributed by atoms with van der Waals surface area (Å²) in [4.78, 5) is 14.4. The number of aliphatic imine (C=N–C) groups is 1. The third-order valence-electron chi connectivity index (χ3n) is 3.46. The topological polar surface area (TPSA) is 100 Å². The van der Waals surface area contributed by atoms with Crippen molar-refractivity contribution in [1.29, 1.82) is 0 Å². The number of nitro benzene ring substituents is 1. The molecule has 1 N–H and O–H groups in total. The molecule has 0 heterocycles. The second-order valence-electron chi connectivity index (χ2n) is 5.31. The molecule has 7 nitrogen and oxygen atoms in total. The van der Waals surface area contributed by atoms with Crippen LogP contribution in [0.4, 0.5) is 22.7 Å². The number of azo groups is 1. The fourth-order valence-corrected chi connectivity index (χ4v) is 2.12. The van der Waals surface area contributed by atoms with Crippen molar-refractivity contribution in [2.45, 2.75) is 0 Å². The molecular weight excluding hydrogens is 332 g/mol. The molecule has 0 aliphatic heterocycles. The maximum absolute atomic E-state index is 10.7. The molecule has 3 aromatic carbocycles. The number of benzene rings is 3. The predicted molar refractivity (Wildman–Crippen MR) is 99.1 cm³/mol. The summed E-state index contributed by atoms with van der Waals surface area (Å²) in [6.07, 6.45) is 1.47. The van der Waals surface area contributed by atoms with Gasteiger partial charge in [-0.3, -0.25) is 15.1 Å². The van der Waals surface area contributed by atoms with E-state index in [1.54, 1.807) is 12.1 Å². The van der Waals surface area contributed by atoms with Gasteiger partial charge in [0.25, 0.3) is 5.69 Å². The quantitative estimate of drug-likeness (QED) is 0.287. The van der Waals surface area contributed by atoms with Gasteiger partial charge in [-0.05, 0) is 42.5 Å². The third kappa shape index (κ3) is 4.35. The lowest BCUT2D eigenvalue weighted by atomic mass is 10.2. The van der Waals surface area contributed by atoms with Crippen LogP contribution in [-0.4, -0.2) is 16.2 Å². The number of phenolic OH excluding ortho intramolecular Hbond substituents is 1. The van der Waals surface area contributed by atoms with Gasteiger partial charge in [0.1, 0.15) is 5.75 Å². The van der Waals surface area contributed by atoms with Crippen LogP contribution in [0.3, 0.4) is 0 Å². The fraction of sp³-hybridized carbons (Fsp3) is 0. The van der Waals surface area contributed by atoms with Crippen LogP contribution in [0, 0.1) is 10.1 Å². The van der Waals surface area contributed by atoms with E-state index in [2.05, 4.69) is 15.2 Å². The Kier molecular flexibility index (Phi) is 5.09. The highest BCUT2D eigenvalue weighted by molar-refractivity contribution is 5.86. The predicted octanol–water partition coefficient (Wildman–Crippen LogP) is 5.47. The van der Waals surface area contributed by atoms with E-state index in [0.717, 1.165) is 5.69 Å². The number of non-ortho nitro benzene ring substituents is 1. The van der Waals surface area contributed by atoms with E-state index >= 15 is 0 Å². The maximum atomic E-state index is 10.7. The first-order chi connectivity index (χ1) is 12.6. The number of rotatable bonds is 5. The monoisotopic (exact) mass is 346 g/mol. The van der Waals surface area contributed by atoms with E-state index in [0.29, 0.717) is 16.9 Å². The number of nitro groups is 1. The molecule has 0 aromatic heterocycles. The fourth-order valence-electron chi connectivity index (χ4n) is 2.12. The summed E-state index contributed by atoms with van der Waals surface area (Å²) in [5.74, 6) is 0.0503. The van der Waals surface area contributed by atoms with Gasteiger partial charge in [-0.1, -0.05) is 18.2 Å². The molecule has 0 radical (unpaired) electrons. The Balaban J connectivity index is 1.79. The number of aromatic hydroxyl groups is 1. The van der Waals surface area contributed by atoms with Crippen LogP contribution in [0.5, 0.6) is 5.75 Å². The molecule has 3 aromatic rings. The van der Waals surface area contributed by atoms with Crippen LogP contribution < -0.4 is 0 Å². The summed E-state index contributed by atoms with van der Waals surface area (Å²) in [6.45, 7) is 0. The molecule has 0 atom stereocenters. The SMILES string of the molecule is O=[N+]([O-])c1ccc(N=Cc2cc(N=Nc3ccccc3)ccc2O)cc1. The van der Waals surface area contributed by atoms with E-state index in [1.807, 2.05) is 30.3 Å². The zero-order valence-electron chi connectivity index (χ0n) is 13.6. The first-order valence-corrected chi connectivity index (χ1v) is 7.70. The smallest absolute Gasteiger partial charge is 0.269 e. The number of hydrogen-bond donors (Lipinski definition) is 1. The number of nitrogens with zero attached hydrogens (tertiary/aromatic N) is 4. The molecule has 0 saturated heterocycles. The van der Waals surface area contributed by atoms with Crippen LogP contribution in [-0.2, 0) is 0 Å². The van der Waals surface area contributed by atoms with Crippen molar-refractivity contribution in [3.05, 3.63) is 88.5 Å². The van der Waals surface area contributed by atoms with Crippen molar-refractivity contribution in [3.8, 4) is 5.75 Å². The lowest BCUT2D eigenvalue weighted by molar-refractivity contribution is -0.384. The molecule has 0 amide bonds. The first-order valence-electron chi connectivity index (χ1n) is 7.70. The van der Waals surface area contributed by atoms with E-state index in [-0.39, 0.29) is 11.4 Å². The lowest BCUT2D eigenvalue weighted by Gasteiger charge is -2.00. The molecule has 3 rings (SSSR count). The van der Waals surface area contributed by atoms with Crippen LogP contribution in [0.25, 0.3) is 0 Å². The molecule has 128 valence electrons. The second kappa shape index (κ2) is 7.80. The van der Waals surface area contributed by atoms with Crippen molar-refractivity contribution in [2.75, 3.05) is 0 Å². The Morgan fingerprint density at radius 1 is 0.846 bits per heavy atom. The van der Waals surface area contributed by atoms with Gasteiger partial charge in [-0.25, -0.2) is 0 Å². The minimum absolute atomic E-state index is 0.00452. The molecule has 0 unspecified atom stereocenters. The highest BCUT2D eigenvalue weighted by Crippen LogP contribution is 2.25. The molecule has 26 heavy (non-hydrogen) atoms. The molecule has 0 bridgehead atoms. The second-order valence-corrected chi connectivity index (χ2v) is 5.31. The van der Waals surface area contributed by atoms with E-state index in [4.69, 9.17) is 0 Å². The van der Waals surface area contributed by atoms with Crippen molar-refractivity contribution in [1.82, 2.24) is 0 Å². The maximum Gasteiger partial charge on any atom is 0.269 e. The first kappa shape index (κ1) is 17.0. The van der Waals surface area contributed by atoms with Crippen LogP contribution in [0.2, 0.25) is 0 Å². The van der Waals surface area contributed by atoms with Gasteiger partial charge in [-0.15, -0.1) is 0 Å². The van der Waals surface area contributed by atoms with Gasteiger partial charge in [-0.2, -0.15) is 10.2 Å². The Morgan fingerprint density at radius 3 is 2.19 bits per heavy atom. The van der Waals surface area contributed by atoms with Crippen LogP contribution in [0.1, 0.15) is 5.56 Å². The Hall–Kier alpha value is -3.87. The number of hydrogen-bond acceptors (Lipinski definition) is 6. The minimum Gasteiger partial charge on any atom is -0.507 e. The van der Waals surface area contributed by atoms with Gasteiger partial charge in [0.05, 0.1) is 22.0 Å². The molecule has 0 aliphatic rings. The van der Waals surface area contributed by atoms with Gasteiger partial charge < -0.3 is 5.11 Å². The normalized spacial score (nSPS) is 11.2. The highest BCUT2D eigenvalue weighted by Gasteiger charge is 2.04. The summed E-state index contributed by atoms with van der Waals surface area (Å²) in [5, 5.41) is 28.9. The van der Waals surface area contributed by atoms with Crippen molar-refractivity contribution >= 4 is 29.0 Å². The molecule has 7 heteroatoms. The average Bonchev–Trinajstić information content (AvgIpc) is 2.67. The zero-order chi connectivity index (χ0) is 18.4. The van der Waals surface area contributed by atoms with Gasteiger partial charge in [0, 0.05) is 23.9 Å². The molecule has 0 saturated carbocycles. The van der Waals surface area contributed by atoms with E-state index < -0.39 is 4.92 Å². The summed E-state index contributed by atoms with van der Waals surface area (Å²) < 4.78 is 0. The van der Waals surface area contributed by atoms with Gasteiger partial charge in [0.2, 0.25) is 0 Å². The van der Waals surface area contributed by atoms with Crippen molar-refractivity contribution in [2.24, 2.45) is 15.2 Å². The Bertz CT molecular complexity index is 968. The van der Waals surface area contributed by atoms with E-state index in [9.17, 15) is 15.2 Å². The Labute approximate surface area is 149 Å². The minimum atomic E-state index is -0.472. The largest absolute Gasteiger partial charge is 0.507 e. The molecule has 0 aliphatic carbocycles. The average molecular weight is 346 g/mol. The third-order valence-corrected chi connectivity index (χ3v) is 3.46. The van der Waals surface area contributed by atoms with Crippen molar-refractivity contribution in [3.63, 3.8) is 0 Å². The Morgan fingerprint density at radius 2 is 1.50 bits per heavy atom. The summed E-state index contributed by atoms with van der Waals surface area (Å²) in [5.41, 5.74) is 2.28. The van der Waals surface area contributed by atoms with Gasteiger partial charge >= 0.3 is 0 Å². The van der Waals surface area contributed by atoms with E-state index in [1.165, 1.54) is 36.5 Å². The number of phenols is 1. The van der Waals surface area contributed by atoms with Crippen LogP contribution >= 0.6 is 0 Å². The van der Waals surface area contributed by atoms with Crippen molar-refractivity contribution < 1.29 is 10.0 Å². The standard InChI is InChI=1S/C19H14N4O3/c24-19-11-8-17(22-21-16-4-2-1-3-5-16)12-14(19)13-20-15-6-9-18(10-7-15)23(25)26/h1-13,24H.